The van der Waals surface area contributed by atoms with E-state index in [4.69, 9.17) is 0 Å². The number of aromatic nitrogens is 1. The standard InChI is InChI=1S/C15H18N2O/c18-15(6-9-17-8-5-11(15)10-17)13-2-1-3-14-12(13)4-7-16-14/h1-4,7,11,16,18H,5-6,8-10H2. The Labute approximate surface area is 106 Å². The number of benzene rings is 1. The van der Waals surface area contributed by atoms with Gasteiger partial charge in [0, 0.05) is 36.1 Å². The predicted molar refractivity (Wildman–Crippen MR) is 71.4 cm³/mol. The van der Waals surface area contributed by atoms with Gasteiger partial charge in [0.2, 0.25) is 0 Å². The number of piperidine rings is 1. The first-order chi connectivity index (χ1) is 8.77. The summed E-state index contributed by atoms with van der Waals surface area (Å²) in [6.45, 7) is 3.22. The zero-order valence-electron chi connectivity index (χ0n) is 10.4. The Balaban J connectivity index is 1.88. The first-order valence-corrected chi connectivity index (χ1v) is 6.79. The van der Waals surface area contributed by atoms with Crippen molar-refractivity contribution in [2.75, 3.05) is 19.6 Å². The molecule has 2 N–H and O–H groups in total. The van der Waals surface area contributed by atoms with E-state index in [0.717, 1.165) is 43.6 Å². The second-order valence-corrected chi connectivity index (χ2v) is 5.70. The fourth-order valence-corrected chi connectivity index (χ4v) is 3.78. The molecule has 2 bridgehead atoms. The van der Waals surface area contributed by atoms with Crippen molar-refractivity contribution in [3.8, 4) is 0 Å². The van der Waals surface area contributed by atoms with E-state index in [9.17, 15) is 5.11 Å². The molecule has 2 aromatic rings. The van der Waals surface area contributed by atoms with Crippen LogP contribution in [0, 0.1) is 5.92 Å². The quantitative estimate of drug-likeness (QED) is 0.803. The van der Waals surface area contributed by atoms with Crippen molar-refractivity contribution >= 4 is 10.9 Å². The summed E-state index contributed by atoms with van der Waals surface area (Å²) in [5.41, 5.74) is 1.61. The first-order valence-electron chi connectivity index (χ1n) is 6.79. The highest BCUT2D eigenvalue weighted by Gasteiger charge is 2.46. The van der Waals surface area contributed by atoms with Crippen LogP contribution in [0.3, 0.4) is 0 Å². The second-order valence-electron chi connectivity index (χ2n) is 5.70. The highest BCUT2D eigenvalue weighted by molar-refractivity contribution is 5.83. The average Bonchev–Trinajstić information content (AvgIpc) is 3.02. The fourth-order valence-electron chi connectivity index (χ4n) is 3.78. The molecule has 0 spiro atoms. The Morgan fingerprint density at radius 2 is 2.22 bits per heavy atom. The van der Waals surface area contributed by atoms with E-state index in [2.05, 4.69) is 28.1 Å². The molecular formula is C15H18N2O. The third-order valence-corrected chi connectivity index (χ3v) is 4.82. The van der Waals surface area contributed by atoms with Crippen molar-refractivity contribution in [3.63, 3.8) is 0 Å². The Morgan fingerprint density at radius 1 is 1.28 bits per heavy atom. The molecule has 3 unspecified atom stereocenters. The summed E-state index contributed by atoms with van der Waals surface area (Å²) in [6.07, 6.45) is 3.95. The zero-order valence-corrected chi connectivity index (χ0v) is 10.4. The van der Waals surface area contributed by atoms with Crippen molar-refractivity contribution in [2.24, 2.45) is 5.92 Å². The molecule has 2 saturated heterocycles. The van der Waals surface area contributed by atoms with Gasteiger partial charge >= 0.3 is 0 Å². The molecule has 2 aliphatic heterocycles. The lowest BCUT2D eigenvalue weighted by molar-refractivity contribution is -0.0489. The van der Waals surface area contributed by atoms with Gasteiger partial charge < -0.3 is 15.0 Å². The van der Waals surface area contributed by atoms with E-state index in [1.54, 1.807) is 0 Å². The summed E-state index contributed by atoms with van der Waals surface area (Å²) < 4.78 is 0. The maximum absolute atomic E-state index is 11.2. The minimum atomic E-state index is -0.630. The summed E-state index contributed by atoms with van der Waals surface area (Å²) >= 11 is 0. The van der Waals surface area contributed by atoms with Crippen LogP contribution in [0.15, 0.2) is 30.5 Å². The minimum Gasteiger partial charge on any atom is -0.385 e. The predicted octanol–water partition coefficient (Wildman–Crippen LogP) is 2.08. The van der Waals surface area contributed by atoms with Crippen molar-refractivity contribution in [2.45, 2.75) is 18.4 Å². The number of nitrogens with zero attached hydrogens (tertiary/aromatic N) is 1. The van der Waals surface area contributed by atoms with Crippen LogP contribution in [-0.2, 0) is 5.60 Å². The summed E-state index contributed by atoms with van der Waals surface area (Å²) in [5.74, 6) is 0.395. The van der Waals surface area contributed by atoms with Crippen molar-refractivity contribution in [1.29, 1.82) is 0 Å². The van der Waals surface area contributed by atoms with Gasteiger partial charge in [-0.1, -0.05) is 12.1 Å². The van der Waals surface area contributed by atoms with E-state index in [-0.39, 0.29) is 0 Å². The molecular weight excluding hydrogens is 224 g/mol. The maximum atomic E-state index is 11.2. The number of nitrogens with one attached hydrogen (secondary N) is 1. The number of hydrogen-bond donors (Lipinski definition) is 2. The van der Waals surface area contributed by atoms with Gasteiger partial charge in [-0.05, 0) is 37.1 Å². The smallest absolute Gasteiger partial charge is 0.0955 e. The molecule has 4 rings (SSSR count). The van der Waals surface area contributed by atoms with Crippen LogP contribution >= 0.6 is 0 Å². The van der Waals surface area contributed by atoms with Crippen molar-refractivity contribution in [3.05, 3.63) is 36.0 Å². The van der Waals surface area contributed by atoms with Crippen LogP contribution in [0.4, 0.5) is 0 Å². The Hall–Kier alpha value is -1.32. The van der Waals surface area contributed by atoms with Gasteiger partial charge in [-0.15, -0.1) is 0 Å². The molecule has 3 heterocycles. The van der Waals surface area contributed by atoms with Gasteiger partial charge in [0.15, 0.2) is 0 Å². The Bertz CT molecular complexity index is 591. The van der Waals surface area contributed by atoms with Crippen molar-refractivity contribution in [1.82, 2.24) is 9.88 Å². The van der Waals surface area contributed by atoms with Crippen LogP contribution in [0.25, 0.3) is 10.9 Å². The van der Waals surface area contributed by atoms with E-state index in [0.29, 0.717) is 5.92 Å². The van der Waals surface area contributed by atoms with Crippen molar-refractivity contribution < 1.29 is 5.11 Å². The summed E-state index contributed by atoms with van der Waals surface area (Å²) in [5, 5.41) is 12.4. The molecule has 3 atom stereocenters. The van der Waals surface area contributed by atoms with Crippen LogP contribution in [0.5, 0.6) is 0 Å². The second kappa shape index (κ2) is 3.59. The largest absolute Gasteiger partial charge is 0.385 e. The van der Waals surface area contributed by atoms with Gasteiger partial charge in [0.25, 0.3) is 0 Å². The summed E-state index contributed by atoms with van der Waals surface area (Å²) in [7, 11) is 0. The Kier molecular flexibility index (Phi) is 2.11. The van der Waals surface area contributed by atoms with E-state index in [1.165, 1.54) is 5.39 Å². The van der Waals surface area contributed by atoms with Crippen LogP contribution in [0.2, 0.25) is 0 Å². The topological polar surface area (TPSA) is 39.3 Å². The third kappa shape index (κ3) is 1.32. The molecule has 18 heavy (non-hydrogen) atoms. The molecule has 1 aromatic carbocycles. The van der Waals surface area contributed by atoms with Crippen LogP contribution < -0.4 is 0 Å². The first kappa shape index (κ1) is 10.6. The third-order valence-electron chi connectivity index (χ3n) is 4.82. The molecule has 0 amide bonds. The molecule has 94 valence electrons. The van der Waals surface area contributed by atoms with Gasteiger partial charge in [-0.25, -0.2) is 0 Å². The highest BCUT2D eigenvalue weighted by Crippen LogP contribution is 2.44. The Morgan fingerprint density at radius 3 is 3.17 bits per heavy atom. The number of hydrogen-bond acceptors (Lipinski definition) is 2. The van der Waals surface area contributed by atoms with Gasteiger partial charge in [-0.3, -0.25) is 0 Å². The highest BCUT2D eigenvalue weighted by atomic mass is 16.3. The van der Waals surface area contributed by atoms with E-state index < -0.39 is 5.60 Å². The van der Waals surface area contributed by atoms with E-state index >= 15 is 0 Å². The number of rotatable bonds is 1. The normalized spacial score (nSPS) is 35.2. The average molecular weight is 242 g/mol. The van der Waals surface area contributed by atoms with E-state index in [1.807, 2.05) is 12.3 Å². The molecule has 0 saturated carbocycles. The molecule has 3 heteroatoms. The van der Waals surface area contributed by atoms with Gasteiger partial charge in [0.05, 0.1) is 5.60 Å². The molecule has 2 aliphatic rings. The van der Waals surface area contributed by atoms with Crippen LogP contribution in [-0.4, -0.2) is 34.6 Å². The SMILES string of the molecule is OC1(c2cccc3[nH]ccc23)CCN2CCC1C2. The molecule has 3 nitrogen and oxygen atoms in total. The molecule has 2 fully saturated rings. The monoisotopic (exact) mass is 242 g/mol. The minimum absolute atomic E-state index is 0.395. The summed E-state index contributed by atoms with van der Waals surface area (Å²) in [6, 6.07) is 8.31. The molecule has 0 radical (unpaired) electrons. The fraction of sp³-hybridized carbons (Fsp3) is 0.467. The number of aromatic amines is 1. The number of aliphatic hydroxyl groups is 1. The molecule has 0 aliphatic carbocycles. The number of fused-ring (bicyclic) bond motifs is 3. The van der Waals surface area contributed by atoms with Gasteiger partial charge in [-0.2, -0.15) is 0 Å². The maximum Gasteiger partial charge on any atom is 0.0955 e. The molecule has 1 aromatic heterocycles. The lowest BCUT2D eigenvalue weighted by atomic mass is 9.76. The lowest BCUT2D eigenvalue weighted by Crippen LogP contribution is -2.44. The zero-order chi connectivity index (χ0) is 12.2. The number of H-pyrrole nitrogens is 1. The van der Waals surface area contributed by atoms with Crippen LogP contribution in [0.1, 0.15) is 18.4 Å². The lowest BCUT2D eigenvalue weighted by Gasteiger charge is -2.39. The van der Waals surface area contributed by atoms with Gasteiger partial charge in [0.1, 0.15) is 0 Å². The summed E-state index contributed by atoms with van der Waals surface area (Å²) in [4.78, 5) is 5.71.